The van der Waals surface area contributed by atoms with Crippen molar-refractivity contribution in [3.8, 4) is 0 Å². The molecule has 0 bridgehead atoms. The first-order chi connectivity index (χ1) is 14.1. The molecule has 0 aliphatic carbocycles. The quantitative estimate of drug-likeness (QED) is 0.121. The zero-order chi connectivity index (χ0) is 21.6. The maximum atomic E-state index is 11.8. The van der Waals surface area contributed by atoms with E-state index in [9.17, 15) is 9.90 Å². The lowest BCUT2D eigenvalue weighted by Crippen LogP contribution is -2.20. The maximum Gasteiger partial charge on any atom is 0.336 e. The van der Waals surface area contributed by atoms with Crippen LogP contribution in [0.1, 0.15) is 122 Å². The van der Waals surface area contributed by atoms with Gasteiger partial charge in [0.25, 0.3) is 0 Å². The Bertz CT molecular complexity index is 381. The fourth-order valence-electron chi connectivity index (χ4n) is 3.50. The fourth-order valence-corrected chi connectivity index (χ4v) is 3.50. The molecule has 0 radical (unpaired) electrons. The Labute approximate surface area is 180 Å². The Morgan fingerprint density at radius 2 is 1.17 bits per heavy atom. The second-order valence-electron chi connectivity index (χ2n) is 8.35. The van der Waals surface area contributed by atoms with Crippen molar-refractivity contribution < 1.29 is 19.7 Å². The molecule has 0 aromatic rings. The van der Waals surface area contributed by atoms with Crippen molar-refractivity contribution >= 4 is 5.97 Å². The first kappa shape index (κ1) is 28.1. The van der Waals surface area contributed by atoms with Crippen molar-refractivity contribution in [3.63, 3.8) is 0 Å². The van der Waals surface area contributed by atoms with Crippen LogP contribution in [0.15, 0.2) is 12.2 Å². The molecule has 0 saturated carbocycles. The third-order valence-corrected chi connectivity index (χ3v) is 5.53. The van der Waals surface area contributed by atoms with Gasteiger partial charge in [0.2, 0.25) is 0 Å². The number of hydrogen-bond acceptors (Lipinski definition) is 4. The Morgan fingerprint density at radius 3 is 1.59 bits per heavy atom. The standard InChI is InChI=1S/C25H48O4/c1-3-4-5-6-7-8-9-10-11-12-13-14-15-16-17-18-22-29-25(28)23(2)24(27)20-19-21-26/h24,26-27H,2-22H2,1H3. The predicted molar refractivity (Wildman–Crippen MR) is 122 cm³/mol. The van der Waals surface area contributed by atoms with Crippen LogP contribution in [0.25, 0.3) is 0 Å². The van der Waals surface area contributed by atoms with Gasteiger partial charge in [0.15, 0.2) is 0 Å². The summed E-state index contributed by atoms with van der Waals surface area (Å²) in [4.78, 5) is 11.8. The van der Waals surface area contributed by atoms with E-state index in [1.54, 1.807) is 0 Å². The summed E-state index contributed by atoms with van der Waals surface area (Å²) in [6.07, 6.45) is 20.9. The summed E-state index contributed by atoms with van der Waals surface area (Å²) < 4.78 is 5.16. The molecule has 0 aromatic carbocycles. The lowest BCUT2D eigenvalue weighted by molar-refractivity contribution is -0.140. The molecule has 0 aromatic heterocycles. The van der Waals surface area contributed by atoms with Crippen molar-refractivity contribution in [2.45, 2.75) is 129 Å². The molecule has 0 heterocycles. The van der Waals surface area contributed by atoms with Gasteiger partial charge < -0.3 is 14.9 Å². The SMILES string of the molecule is C=C(C(=O)OCCCCCCCCCCCCCCCCCC)C(O)CCCO. The normalized spacial score (nSPS) is 12.1. The van der Waals surface area contributed by atoms with Crippen LogP contribution >= 0.6 is 0 Å². The molecule has 1 atom stereocenters. The molecule has 4 heteroatoms. The summed E-state index contributed by atoms with van der Waals surface area (Å²) in [5.74, 6) is -0.517. The minimum Gasteiger partial charge on any atom is -0.462 e. The van der Waals surface area contributed by atoms with Crippen LogP contribution in [0.5, 0.6) is 0 Å². The Morgan fingerprint density at radius 1 is 0.759 bits per heavy atom. The van der Waals surface area contributed by atoms with E-state index >= 15 is 0 Å². The van der Waals surface area contributed by atoms with E-state index in [1.165, 1.54) is 89.9 Å². The van der Waals surface area contributed by atoms with Crippen LogP contribution < -0.4 is 0 Å². The van der Waals surface area contributed by atoms with Crippen LogP contribution in [-0.4, -0.2) is 35.5 Å². The van der Waals surface area contributed by atoms with Gasteiger partial charge in [-0.1, -0.05) is 110 Å². The fraction of sp³-hybridized carbons (Fsp3) is 0.880. The van der Waals surface area contributed by atoms with E-state index in [-0.39, 0.29) is 12.2 Å². The summed E-state index contributed by atoms with van der Waals surface area (Å²) >= 11 is 0. The molecule has 0 rings (SSSR count). The van der Waals surface area contributed by atoms with Crippen molar-refractivity contribution in [1.82, 2.24) is 0 Å². The highest BCUT2D eigenvalue weighted by atomic mass is 16.5. The highest BCUT2D eigenvalue weighted by Crippen LogP contribution is 2.14. The molecule has 0 aliphatic heterocycles. The van der Waals surface area contributed by atoms with Gasteiger partial charge in [-0.2, -0.15) is 0 Å². The number of unbranched alkanes of at least 4 members (excludes halogenated alkanes) is 15. The molecule has 0 saturated heterocycles. The molecular weight excluding hydrogens is 364 g/mol. The van der Waals surface area contributed by atoms with Gasteiger partial charge in [-0.3, -0.25) is 0 Å². The van der Waals surface area contributed by atoms with E-state index in [4.69, 9.17) is 9.84 Å². The minimum atomic E-state index is -0.916. The Kier molecular flexibility index (Phi) is 21.2. The number of hydrogen-bond donors (Lipinski definition) is 2. The van der Waals surface area contributed by atoms with E-state index in [1.807, 2.05) is 0 Å². The first-order valence-corrected chi connectivity index (χ1v) is 12.3. The van der Waals surface area contributed by atoms with E-state index in [2.05, 4.69) is 13.5 Å². The molecule has 2 N–H and O–H groups in total. The largest absolute Gasteiger partial charge is 0.462 e. The van der Waals surface area contributed by atoms with Crippen LogP contribution in [0.2, 0.25) is 0 Å². The van der Waals surface area contributed by atoms with Crippen LogP contribution in [-0.2, 0) is 9.53 Å². The lowest BCUT2D eigenvalue weighted by Gasteiger charge is -2.12. The van der Waals surface area contributed by atoms with E-state index in [0.717, 1.165) is 12.8 Å². The molecule has 0 fully saturated rings. The van der Waals surface area contributed by atoms with Gasteiger partial charge in [0.05, 0.1) is 18.3 Å². The third-order valence-electron chi connectivity index (χ3n) is 5.53. The summed E-state index contributed by atoms with van der Waals surface area (Å²) in [5, 5.41) is 18.5. The molecular formula is C25H48O4. The van der Waals surface area contributed by atoms with Crippen LogP contribution in [0.3, 0.4) is 0 Å². The number of aliphatic hydroxyl groups is 2. The average molecular weight is 413 g/mol. The number of esters is 1. The molecule has 29 heavy (non-hydrogen) atoms. The second-order valence-corrected chi connectivity index (χ2v) is 8.35. The second kappa shape index (κ2) is 21.8. The van der Waals surface area contributed by atoms with E-state index < -0.39 is 12.1 Å². The highest BCUT2D eigenvalue weighted by molar-refractivity contribution is 5.88. The van der Waals surface area contributed by atoms with Crippen LogP contribution in [0.4, 0.5) is 0 Å². The lowest BCUT2D eigenvalue weighted by atomic mass is 10.0. The molecule has 4 nitrogen and oxygen atoms in total. The third kappa shape index (κ3) is 18.9. The van der Waals surface area contributed by atoms with Crippen molar-refractivity contribution in [2.75, 3.05) is 13.2 Å². The average Bonchev–Trinajstić information content (AvgIpc) is 2.73. The summed E-state index contributed by atoms with van der Waals surface area (Å²) in [7, 11) is 0. The summed E-state index contributed by atoms with van der Waals surface area (Å²) in [6, 6.07) is 0. The number of carbonyl (C=O) groups excluding carboxylic acids is 1. The molecule has 0 aliphatic rings. The van der Waals surface area contributed by atoms with Gasteiger partial charge in [-0.15, -0.1) is 0 Å². The van der Waals surface area contributed by atoms with Crippen LogP contribution in [0, 0.1) is 0 Å². The number of ether oxygens (including phenoxy) is 1. The predicted octanol–water partition coefficient (Wildman–Crippen LogP) is 6.48. The summed E-state index contributed by atoms with van der Waals surface area (Å²) in [5.41, 5.74) is 0.0925. The Balaban J connectivity index is 3.29. The van der Waals surface area contributed by atoms with Gasteiger partial charge in [0.1, 0.15) is 0 Å². The highest BCUT2D eigenvalue weighted by Gasteiger charge is 2.17. The zero-order valence-corrected chi connectivity index (χ0v) is 19.1. The molecule has 1 unspecified atom stereocenters. The topological polar surface area (TPSA) is 66.8 Å². The van der Waals surface area contributed by atoms with Crippen molar-refractivity contribution in [3.05, 3.63) is 12.2 Å². The maximum absolute atomic E-state index is 11.8. The van der Waals surface area contributed by atoms with Crippen molar-refractivity contribution in [2.24, 2.45) is 0 Å². The monoisotopic (exact) mass is 412 g/mol. The van der Waals surface area contributed by atoms with Gasteiger partial charge in [0, 0.05) is 6.61 Å². The smallest absolute Gasteiger partial charge is 0.336 e. The van der Waals surface area contributed by atoms with Gasteiger partial charge in [-0.05, 0) is 19.3 Å². The molecule has 0 amide bonds. The first-order valence-electron chi connectivity index (χ1n) is 12.3. The van der Waals surface area contributed by atoms with Crippen molar-refractivity contribution in [1.29, 1.82) is 0 Å². The van der Waals surface area contributed by atoms with Gasteiger partial charge in [-0.25, -0.2) is 4.79 Å². The van der Waals surface area contributed by atoms with Gasteiger partial charge >= 0.3 is 5.97 Å². The number of aliphatic hydroxyl groups excluding tert-OH is 2. The molecule has 0 spiro atoms. The Hall–Kier alpha value is -0.870. The molecule has 172 valence electrons. The number of carbonyl (C=O) groups is 1. The minimum absolute atomic E-state index is 0.00141. The summed E-state index contributed by atoms with van der Waals surface area (Å²) in [6.45, 7) is 6.26. The number of rotatable bonds is 22. The zero-order valence-electron chi connectivity index (χ0n) is 19.1. The van der Waals surface area contributed by atoms with E-state index in [0.29, 0.717) is 19.4 Å².